The van der Waals surface area contributed by atoms with Crippen LogP contribution in [0.15, 0.2) is 322 Å². The second kappa shape index (κ2) is 30.5. The highest BCUT2D eigenvalue weighted by Crippen LogP contribution is 2.31. The maximum absolute atomic E-state index is 4.71. The predicted molar refractivity (Wildman–Crippen MR) is 386 cm³/mol. The molecule has 0 atom stereocenters. The first-order valence-electron chi connectivity index (χ1n) is 31.0. The molecule has 0 N–H and O–H groups in total. The summed E-state index contributed by atoms with van der Waals surface area (Å²) in [7, 11) is 0. The molecule has 7 nitrogen and oxygen atoms in total. The molecule has 0 spiro atoms. The van der Waals surface area contributed by atoms with E-state index in [1.54, 1.807) is 0 Å². The number of para-hydroxylation sites is 4. The van der Waals surface area contributed by atoms with Crippen LogP contribution in [0, 0.1) is 41.5 Å². The maximum atomic E-state index is 4.71. The van der Waals surface area contributed by atoms with E-state index in [9.17, 15) is 0 Å². The van der Waals surface area contributed by atoms with Gasteiger partial charge in [-0.25, -0.2) is 24.9 Å². The molecule has 0 saturated heterocycles. The lowest BCUT2D eigenvalue weighted by atomic mass is 10.0. The number of aryl methyl sites for hydroxylation is 6. The zero-order chi connectivity index (χ0) is 63.4. The molecule has 0 unspecified atom stereocenters. The summed E-state index contributed by atoms with van der Waals surface area (Å²) < 4.78 is 0. The van der Waals surface area contributed by atoms with Crippen molar-refractivity contribution in [2.45, 2.75) is 41.5 Å². The molecule has 0 aliphatic carbocycles. The Labute approximate surface area is 539 Å². The summed E-state index contributed by atoms with van der Waals surface area (Å²) in [6.45, 7) is 12.3. The van der Waals surface area contributed by atoms with E-state index in [4.69, 9.17) is 4.98 Å². The number of hydrogen-bond donors (Lipinski definition) is 0. The second-order valence-electron chi connectivity index (χ2n) is 22.3. The minimum atomic E-state index is 0.793. The van der Waals surface area contributed by atoms with Gasteiger partial charge in [-0.05, 0) is 106 Å². The van der Waals surface area contributed by atoms with Crippen molar-refractivity contribution in [3.05, 3.63) is 356 Å². The first-order valence-corrected chi connectivity index (χ1v) is 31.0. The molecule has 16 aromatic rings. The quantitative estimate of drug-likeness (QED) is 0.170. The van der Waals surface area contributed by atoms with Crippen molar-refractivity contribution >= 4 is 54.4 Å². The fourth-order valence-corrected chi connectivity index (χ4v) is 11.0. The van der Waals surface area contributed by atoms with Crippen LogP contribution in [-0.4, -0.2) is 34.9 Å². The van der Waals surface area contributed by atoms with Gasteiger partial charge in [0.05, 0.1) is 39.1 Å². The van der Waals surface area contributed by atoms with Gasteiger partial charge in [-0.1, -0.05) is 285 Å². The predicted octanol–water partition coefficient (Wildman–Crippen LogP) is 21.8. The number of aromatic nitrogens is 7. The van der Waals surface area contributed by atoms with Crippen molar-refractivity contribution in [2.24, 2.45) is 0 Å². The Hall–Kier alpha value is -11.7. The van der Waals surface area contributed by atoms with Crippen LogP contribution >= 0.6 is 0 Å². The van der Waals surface area contributed by atoms with Gasteiger partial charge in [0.2, 0.25) is 0 Å². The Morgan fingerprint density at radius 1 is 0.272 bits per heavy atom. The Balaban J connectivity index is 0.000000115. The van der Waals surface area contributed by atoms with E-state index < -0.39 is 0 Å². The molecule has 5 aromatic heterocycles. The topological polar surface area (TPSA) is 90.2 Å². The second-order valence-corrected chi connectivity index (χ2v) is 22.3. The van der Waals surface area contributed by atoms with Gasteiger partial charge < -0.3 is 0 Å². The summed E-state index contributed by atoms with van der Waals surface area (Å²) in [5.41, 5.74) is 20.2. The largest absolute Gasteiger partial charge is 0.255 e. The van der Waals surface area contributed by atoms with E-state index in [1.165, 1.54) is 60.5 Å². The average Bonchev–Trinajstić information content (AvgIpc) is 0.913. The highest BCUT2D eigenvalue weighted by Gasteiger charge is 2.11. The molecule has 0 fully saturated rings. The molecule has 0 bridgehead atoms. The summed E-state index contributed by atoms with van der Waals surface area (Å²) >= 11 is 0. The lowest BCUT2D eigenvalue weighted by Crippen LogP contribution is -1.93. The number of hydrogen-bond acceptors (Lipinski definition) is 7. The van der Waals surface area contributed by atoms with Gasteiger partial charge in [-0.3, -0.25) is 9.97 Å². The number of benzene rings is 11. The molecule has 446 valence electrons. The van der Waals surface area contributed by atoms with Gasteiger partial charge >= 0.3 is 0 Å². The Bertz CT molecular complexity index is 4780. The van der Waals surface area contributed by atoms with Gasteiger partial charge in [0.1, 0.15) is 5.82 Å². The van der Waals surface area contributed by atoms with Gasteiger partial charge in [0.25, 0.3) is 0 Å². The molecule has 5 heterocycles. The molecule has 7 heteroatoms. The lowest BCUT2D eigenvalue weighted by molar-refractivity contribution is 1.10. The zero-order valence-corrected chi connectivity index (χ0v) is 52.7. The van der Waals surface area contributed by atoms with Crippen LogP contribution in [0.5, 0.6) is 0 Å². The summed E-state index contributed by atoms with van der Waals surface area (Å²) in [5, 5.41) is 7.14. The van der Waals surface area contributed by atoms with Crippen molar-refractivity contribution < 1.29 is 0 Å². The fourth-order valence-electron chi connectivity index (χ4n) is 11.0. The number of pyridine rings is 3. The summed E-state index contributed by atoms with van der Waals surface area (Å²) in [6, 6.07) is 107. The monoisotopic (exact) mass is 1190 g/mol. The highest BCUT2D eigenvalue weighted by molar-refractivity contribution is 5.95. The van der Waals surface area contributed by atoms with Crippen molar-refractivity contribution in [3.8, 4) is 56.3 Å². The third kappa shape index (κ3) is 15.8. The lowest BCUT2D eigenvalue weighted by Gasteiger charge is -2.08. The number of rotatable bonds is 5. The van der Waals surface area contributed by atoms with E-state index in [-0.39, 0.29) is 0 Å². The maximum Gasteiger partial charge on any atom is 0.160 e. The minimum Gasteiger partial charge on any atom is -0.255 e. The van der Waals surface area contributed by atoms with Crippen LogP contribution in [0.2, 0.25) is 0 Å². The third-order valence-electron chi connectivity index (χ3n) is 15.6. The molecule has 92 heavy (non-hydrogen) atoms. The first-order chi connectivity index (χ1) is 45.1. The Kier molecular flexibility index (Phi) is 20.5. The van der Waals surface area contributed by atoms with E-state index in [0.29, 0.717) is 0 Å². The minimum absolute atomic E-state index is 0.793. The molecule has 0 radical (unpaired) electrons. The standard InChI is InChI=1S/3C16H13N.2C15H12N2.C7H8/c1-12-15-10-6-5-9-14(15)11-17-16(12)13-7-3-2-4-8-13;1-12-11-15(13-7-3-2-4-8-13)14-9-5-6-10-16(14)17-12;1-12-11-16(13-7-3-2-4-8-13)17-15-10-6-5-9-14(12)15;1-11-16-14-10-6-5-9-13(14)15(17-11)12-7-3-2-4-8-12;1-11-13-9-5-6-10-14(13)17-15(16-11)12-7-3-2-4-8-12;1-7-5-3-2-4-6-7/h3*2-11H,1H3;2*2-10H,1H3;2-6H,1H3. The number of fused-ring (bicyclic) bond motifs is 5. The molecular formula is C85H71N7. The fraction of sp³-hybridized carbons (Fsp3) is 0.0706. The van der Waals surface area contributed by atoms with Crippen molar-refractivity contribution in [2.75, 3.05) is 0 Å². The van der Waals surface area contributed by atoms with E-state index in [2.05, 4.69) is 202 Å². The van der Waals surface area contributed by atoms with Gasteiger partial charge in [0, 0.05) is 66.8 Å². The van der Waals surface area contributed by atoms with Gasteiger partial charge in [0.15, 0.2) is 5.82 Å². The summed E-state index contributed by atoms with van der Waals surface area (Å²) in [4.78, 5) is 32.0. The third-order valence-corrected chi connectivity index (χ3v) is 15.6. The van der Waals surface area contributed by atoms with Crippen LogP contribution in [0.1, 0.15) is 33.9 Å². The summed E-state index contributed by atoms with van der Waals surface area (Å²) in [6.07, 6.45) is 1.95. The average molecular weight is 1190 g/mol. The highest BCUT2D eigenvalue weighted by atomic mass is 14.9. The Morgan fingerprint density at radius 2 is 0.696 bits per heavy atom. The van der Waals surface area contributed by atoms with Crippen molar-refractivity contribution in [1.29, 1.82) is 0 Å². The molecule has 0 amide bonds. The van der Waals surface area contributed by atoms with Crippen LogP contribution in [-0.2, 0) is 0 Å². The Morgan fingerprint density at radius 3 is 1.26 bits per heavy atom. The molecular weight excluding hydrogens is 1120 g/mol. The van der Waals surface area contributed by atoms with Crippen LogP contribution < -0.4 is 0 Å². The molecule has 0 aliphatic heterocycles. The van der Waals surface area contributed by atoms with Crippen LogP contribution in [0.3, 0.4) is 0 Å². The van der Waals surface area contributed by atoms with Gasteiger partial charge in [-0.2, -0.15) is 0 Å². The van der Waals surface area contributed by atoms with Crippen LogP contribution in [0.4, 0.5) is 0 Å². The SMILES string of the molecule is Cc1c(-c2ccccc2)ncc2ccccc12.Cc1cc(-c2ccccc2)c2ccccc2n1.Cc1cc(-c2ccccc2)nc2ccccc12.Cc1ccccc1.Cc1nc(-c2ccccc2)c2ccccc2n1.Cc1nc(-c2ccccc2)nc2ccccc12. The van der Waals surface area contributed by atoms with E-state index in [0.717, 1.165) is 84.1 Å². The van der Waals surface area contributed by atoms with Crippen molar-refractivity contribution in [1.82, 2.24) is 34.9 Å². The smallest absolute Gasteiger partial charge is 0.160 e. The normalized spacial score (nSPS) is 10.5. The molecule has 0 saturated carbocycles. The van der Waals surface area contributed by atoms with E-state index in [1.807, 2.05) is 191 Å². The molecule has 16 rings (SSSR count). The molecule has 0 aliphatic rings. The van der Waals surface area contributed by atoms with E-state index >= 15 is 0 Å². The van der Waals surface area contributed by atoms with Crippen molar-refractivity contribution in [3.63, 3.8) is 0 Å². The molecule has 11 aromatic carbocycles. The van der Waals surface area contributed by atoms with Gasteiger partial charge in [-0.15, -0.1) is 0 Å². The zero-order valence-electron chi connectivity index (χ0n) is 52.7. The summed E-state index contributed by atoms with van der Waals surface area (Å²) in [5.74, 6) is 1.60. The van der Waals surface area contributed by atoms with Crippen LogP contribution in [0.25, 0.3) is 111 Å². The number of nitrogens with zero attached hydrogens (tertiary/aromatic N) is 7. The first kappa shape index (κ1) is 62.0.